The molecule has 0 atom stereocenters. The third-order valence-electron chi connectivity index (χ3n) is 13.5. The van der Waals surface area contributed by atoms with Crippen molar-refractivity contribution in [1.29, 1.82) is 0 Å². The number of carbonyl (C=O) groups excluding carboxylic acids is 3. The molecule has 390 valence electrons. The molecule has 0 radical (unpaired) electrons. The molecule has 0 amide bonds. The van der Waals surface area contributed by atoms with Crippen LogP contribution in [0.1, 0.15) is 324 Å². The van der Waals surface area contributed by atoms with Gasteiger partial charge in [-0.2, -0.15) is 11.8 Å². The Morgan fingerprint density at radius 1 is 0.292 bits per heavy atom. The van der Waals surface area contributed by atoms with Gasteiger partial charge in [-0.05, 0) is 25.0 Å². The molecule has 0 rings (SSSR count). The summed E-state index contributed by atoms with van der Waals surface area (Å²) >= 11 is 1.80. The van der Waals surface area contributed by atoms with Crippen LogP contribution in [-0.4, -0.2) is 40.9 Å². The first-order valence-electron chi connectivity index (χ1n) is 29.1. The summed E-state index contributed by atoms with van der Waals surface area (Å²) in [6.45, 7) is 10.4. The molecule has 0 heterocycles. The van der Waals surface area contributed by atoms with Gasteiger partial charge in [-0.15, -0.1) is 0 Å². The van der Waals surface area contributed by atoms with Crippen molar-refractivity contribution in [3.8, 4) is 0 Å². The van der Waals surface area contributed by atoms with E-state index in [1.165, 1.54) is 225 Å². The summed E-state index contributed by atoms with van der Waals surface area (Å²) in [7, 11) is -4.47. The maximum Gasteiger partial charge on any atom is 0.320 e. The zero-order valence-electron chi connectivity index (χ0n) is 44.5. The van der Waals surface area contributed by atoms with Gasteiger partial charge in [0.15, 0.2) is 0 Å². The largest absolute Gasteiger partial charge is 0.378 e. The van der Waals surface area contributed by atoms with Gasteiger partial charge in [-0.25, -0.2) is 0 Å². The lowest BCUT2D eigenvalue weighted by Crippen LogP contribution is -2.39. The number of hydrogen-bond acceptors (Lipinski definition) is 7. The Balaban J connectivity index is 5.28. The second-order valence-electron chi connectivity index (χ2n) is 19.9. The van der Waals surface area contributed by atoms with Gasteiger partial charge < -0.3 is 12.5 Å². The van der Waals surface area contributed by atoms with Gasteiger partial charge in [-0.1, -0.05) is 285 Å². The van der Waals surface area contributed by atoms with Crippen molar-refractivity contribution in [3.63, 3.8) is 0 Å². The number of rotatable bonds is 53. The van der Waals surface area contributed by atoms with Crippen LogP contribution < -0.4 is 0 Å². The molecule has 0 N–H and O–H groups in total. The first-order valence-corrected chi connectivity index (χ1v) is 32.6. The molecule has 0 aliphatic rings. The highest BCUT2D eigenvalue weighted by molar-refractivity contribution is 8.39. The summed E-state index contributed by atoms with van der Waals surface area (Å²) in [6, 6.07) is 0. The van der Waals surface area contributed by atoms with Crippen molar-refractivity contribution >= 4 is 39.7 Å². The molecule has 0 aromatic carbocycles. The van der Waals surface area contributed by atoms with Crippen LogP contribution in [0.5, 0.6) is 0 Å². The van der Waals surface area contributed by atoms with E-state index in [4.69, 9.17) is 12.5 Å². The Morgan fingerprint density at radius 3 is 0.785 bits per heavy atom. The number of thioether (sulfide) groups is 1. The van der Waals surface area contributed by atoms with E-state index in [-0.39, 0.29) is 25.2 Å². The lowest BCUT2D eigenvalue weighted by Gasteiger charge is -2.59. The zero-order chi connectivity index (χ0) is 47.7. The predicted octanol–water partition coefficient (Wildman–Crippen LogP) is 19.8. The molecule has 0 aromatic heterocycles. The van der Waals surface area contributed by atoms with E-state index in [0.29, 0.717) is 30.1 Å². The van der Waals surface area contributed by atoms with Crippen LogP contribution in [0.4, 0.5) is 0 Å². The summed E-state index contributed by atoms with van der Waals surface area (Å²) < 4.78 is 19.3. The molecule has 6 nitrogen and oxygen atoms in total. The van der Waals surface area contributed by atoms with Crippen LogP contribution in [0.3, 0.4) is 0 Å². The lowest BCUT2D eigenvalue weighted by molar-refractivity contribution is -0.142. The molecular formula is C57H114O6S2. The fraction of sp³-hybridized carbons (Fsp3) is 0.947. The van der Waals surface area contributed by atoms with Crippen molar-refractivity contribution in [1.82, 2.24) is 0 Å². The monoisotopic (exact) mass is 959 g/mol. The van der Waals surface area contributed by atoms with Gasteiger partial charge in [0.25, 0.3) is 0 Å². The molecule has 0 unspecified atom stereocenters. The van der Waals surface area contributed by atoms with Crippen LogP contribution in [0.2, 0.25) is 0 Å². The molecular weight excluding hydrogens is 845 g/mol. The summed E-state index contributed by atoms with van der Waals surface area (Å²) in [4.78, 5) is 40.5. The Labute approximate surface area is 411 Å². The molecule has 65 heavy (non-hydrogen) atoms. The number of thiol groups is 1. The van der Waals surface area contributed by atoms with E-state index < -0.39 is 21.9 Å². The van der Waals surface area contributed by atoms with E-state index >= 15 is 0 Å². The first-order chi connectivity index (χ1) is 31.8. The molecule has 8 heteroatoms. The Kier molecular flexibility index (Phi) is 47.5. The SMILES string of the molecule is CCCCCCCCCCCCCCCCCC[SH](CCCCCCCCCCCCCCCCCC)(OC(=O)CC)(OC(=O)CC)OC(=O)CCSCCCCCCCCCCCC. The minimum atomic E-state index is -4.47. The van der Waals surface area contributed by atoms with E-state index in [1.807, 2.05) is 0 Å². The quantitative estimate of drug-likeness (QED) is 0.0481. The van der Waals surface area contributed by atoms with Crippen molar-refractivity contribution in [2.45, 2.75) is 324 Å². The Bertz CT molecular complexity index is 995. The van der Waals surface area contributed by atoms with Crippen LogP contribution in [0.15, 0.2) is 0 Å². The first kappa shape index (κ1) is 64.1. The fourth-order valence-corrected chi connectivity index (χ4v) is 14.4. The second-order valence-corrected chi connectivity index (χ2v) is 25.0. The van der Waals surface area contributed by atoms with Gasteiger partial charge in [0.2, 0.25) is 0 Å². The average molecular weight is 960 g/mol. The highest BCUT2D eigenvalue weighted by Crippen LogP contribution is 2.74. The van der Waals surface area contributed by atoms with Crippen LogP contribution in [0, 0.1) is 0 Å². The molecule has 0 fully saturated rings. The van der Waals surface area contributed by atoms with Gasteiger partial charge in [-0.3, -0.25) is 14.4 Å². The minimum absolute atomic E-state index is 0.145. The van der Waals surface area contributed by atoms with Gasteiger partial charge in [0.05, 0.1) is 6.42 Å². The smallest absolute Gasteiger partial charge is 0.320 e. The summed E-state index contributed by atoms with van der Waals surface area (Å²) in [5, 5.41) is 0. The molecule has 0 spiro atoms. The van der Waals surface area contributed by atoms with Gasteiger partial charge in [0.1, 0.15) is 0 Å². The van der Waals surface area contributed by atoms with E-state index in [2.05, 4.69) is 20.8 Å². The predicted molar refractivity (Wildman–Crippen MR) is 290 cm³/mol. The normalized spacial score (nSPS) is 12.3. The highest BCUT2D eigenvalue weighted by Gasteiger charge is 2.48. The fourth-order valence-electron chi connectivity index (χ4n) is 9.18. The highest BCUT2D eigenvalue weighted by atomic mass is 32.3. The van der Waals surface area contributed by atoms with E-state index in [9.17, 15) is 14.4 Å². The topological polar surface area (TPSA) is 78.9 Å². The third kappa shape index (κ3) is 40.7. The number of hydrogen-bond donors (Lipinski definition) is 1. The maximum atomic E-state index is 13.9. The standard InChI is InChI=1S/C57H114O6S2/c1-6-11-14-17-20-23-26-28-30-32-34-36-39-42-45-48-53-65(61-55(58)9-4,62-56(59)10-5,54-49-46-43-40-37-35-33-31-29-27-24-21-18-15-12-7-2)63-57(60)50-52-64-51-47-44-41-38-25-22-19-16-13-8-3/h65H,6-54H2,1-5H3. The van der Waals surface area contributed by atoms with Gasteiger partial charge in [0, 0.05) is 40.1 Å². The maximum absolute atomic E-state index is 13.9. The van der Waals surface area contributed by atoms with E-state index in [1.54, 1.807) is 25.6 Å². The number of unbranched alkanes of at least 4 members (excludes halogenated alkanes) is 39. The van der Waals surface area contributed by atoms with Crippen LogP contribution >= 0.6 is 21.8 Å². The van der Waals surface area contributed by atoms with Crippen LogP contribution in [0.25, 0.3) is 0 Å². The molecule has 0 saturated heterocycles. The molecule has 0 bridgehead atoms. The Hall–Kier alpha value is -0.890. The van der Waals surface area contributed by atoms with Crippen molar-refractivity contribution < 1.29 is 26.9 Å². The second kappa shape index (κ2) is 48.1. The lowest BCUT2D eigenvalue weighted by atomic mass is 10.0. The molecule has 0 aromatic rings. The van der Waals surface area contributed by atoms with Crippen molar-refractivity contribution in [2.75, 3.05) is 23.0 Å². The third-order valence-corrected chi connectivity index (χ3v) is 18.7. The minimum Gasteiger partial charge on any atom is -0.378 e. The van der Waals surface area contributed by atoms with Gasteiger partial charge >= 0.3 is 17.9 Å². The summed E-state index contributed by atoms with van der Waals surface area (Å²) in [6.07, 6.45) is 53.9. The molecule has 0 saturated carbocycles. The molecule has 0 aliphatic heterocycles. The summed E-state index contributed by atoms with van der Waals surface area (Å²) in [5.41, 5.74) is 0. The number of carbonyl (C=O) groups is 3. The zero-order valence-corrected chi connectivity index (χ0v) is 46.2. The van der Waals surface area contributed by atoms with Crippen molar-refractivity contribution in [2.24, 2.45) is 0 Å². The average Bonchev–Trinajstić information content (AvgIpc) is 3.30. The molecule has 0 aliphatic carbocycles. The van der Waals surface area contributed by atoms with Crippen molar-refractivity contribution in [3.05, 3.63) is 0 Å². The van der Waals surface area contributed by atoms with Crippen LogP contribution in [-0.2, 0) is 26.9 Å². The Morgan fingerprint density at radius 2 is 0.523 bits per heavy atom. The summed E-state index contributed by atoms with van der Waals surface area (Å²) in [5.74, 6) is 1.05. The van der Waals surface area contributed by atoms with E-state index in [0.717, 1.165) is 37.9 Å².